The Kier molecular flexibility index (Phi) is 4.18. The summed E-state index contributed by atoms with van der Waals surface area (Å²) in [6, 6.07) is 12.7. The smallest absolute Gasteiger partial charge is 0.264 e. The molecule has 150 valence electrons. The van der Waals surface area contributed by atoms with Crippen molar-refractivity contribution < 1.29 is 8.42 Å². The van der Waals surface area contributed by atoms with Gasteiger partial charge in [0, 0.05) is 12.5 Å². The predicted molar refractivity (Wildman–Crippen MR) is 109 cm³/mol. The van der Waals surface area contributed by atoms with Crippen molar-refractivity contribution in [3.63, 3.8) is 0 Å². The summed E-state index contributed by atoms with van der Waals surface area (Å²) in [5.41, 5.74) is 3.81. The van der Waals surface area contributed by atoms with Crippen LogP contribution in [0.1, 0.15) is 23.5 Å². The van der Waals surface area contributed by atoms with Crippen molar-refractivity contribution in [2.75, 3.05) is 24.4 Å². The maximum Gasteiger partial charge on any atom is 0.264 e. The molecule has 0 N–H and O–H groups in total. The van der Waals surface area contributed by atoms with E-state index in [1.54, 1.807) is 28.6 Å². The normalized spacial score (nSPS) is 21.8. The third-order valence-corrected chi connectivity index (χ3v) is 7.76. The van der Waals surface area contributed by atoms with Gasteiger partial charge in [0.05, 0.1) is 22.3 Å². The van der Waals surface area contributed by atoms with Gasteiger partial charge in [-0.25, -0.2) is 13.1 Å². The van der Waals surface area contributed by atoms with Crippen molar-refractivity contribution >= 4 is 15.7 Å². The van der Waals surface area contributed by atoms with Crippen molar-refractivity contribution in [2.24, 2.45) is 0 Å². The topological polar surface area (TPSA) is 84.2 Å². The summed E-state index contributed by atoms with van der Waals surface area (Å²) in [6.07, 6.45) is 2.29. The summed E-state index contributed by atoms with van der Waals surface area (Å²) in [4.78, 5) is 2.56. The van der Waals surface area contributed by atoms with E-state index in [1.165, 1.54) is 11.0 Å². The number of sulfonamides is 1. The van der Waals surface area contributed by atoms with Gasteiger partial charge >= 0.3 is 0 Å². The van der Waals surface area contributed by atoms with Gasteiger partial charge in [0.25, 0.3) is 10.0 Å². The highest BCUT2D eigenvalue weighted by Crippen LogP contribution is 2.47. The predicted octanol–water partition coefficient (Wildman–Crippen LogP) is 1.97. The first-order valence-corrected chi connectivity index (χ1v) is 11.1. The minimum atomic E-state index is -3.68. The Labute approximate surface area is 169 Å². The van der Waals surface area contributed by atoms with Gasteiger partial charge in [0.1, 0.15) is 6.33 Å². The Morgan fingerprint density at radius 1 is 1.10 bits per heavy atom. The zero-order valence-electron chi connectivity index (χ0n) is 16.3. The third-order valence-electron chi connectivity index (χ3n) is 5.91. The van der Waals surface area contributed by atoms with Crippen LogP contribution in [0, 0.1) is 6.92 Å². The van der Waals surface area contributed by atoms with Crippen LogP contribution in [0.25, 0.3) is 5.69 Å². The average Bonchev–Trinajstić information content (AvgIpc) is 3.34. The van der Waals surface area contributed by atoms with Crippen LogP contribution in [-0.4, -0.2) is 59.7 Å². The zero-order valence-corrected chi connectivity index (χ0v) is 17.1. The molecule has 0 spiro atoms. The van der Waals surface area contributed by atoms with E-state index in [9.17, 15) is 8.42 Å². The molecule has 1 fully saturated rings. The molecule has 5 rings (SSSR count). The molecule has 2 aliphatic rings. The molecule has 0 unspecified atom stereocenters. The molecular formula is C20H22N6O2S. The summed E-state index contributed by atoms with van der Waals surface area (Å²) in [6.45, 7) is 3.81. The fourth-order valence-electron chi connectivity index (χ4n) is 4.51. The molecule has 29 heavy (non-hydrogen) atoms. The first-order chi connectivity index (χ1) is 13.9. The van der Waals surface area contributed by atoms with Crippen molar-refractivity contribution in [1.29, 1.82) is 0 Å². The van der Waals surface area contributed by atoms with Crippen LogP contribution < -0.4 is 4.31 Å². The number of likely N-dealkylation sites (tertiary alicyclic amines) is 1. The van der Waals surface area contributed by atoms with Crippen LogP contribution in [0.4, 0.5) is 5.69 Å². The molecule has 3 heterocycles. The number of hydrogen-bond acceptors (Lipinski definition) is 6. The van der Waals surface area contributed by atoms with E-state index < -0.39 is 10.0 Å². The molecular weight excluding hydrogens is 388 g/mol. The fraction of sp³-hybridized carbons (Fsp3) is 0.350. The number of benzene rings is 2. The van der Waals surface area contributed by atoms with Crippen LogP contribution >= 0.6 is 0 Å². The number of fused-ring (bicyclic) bond motifs is 3. The molecule has 0 saturated carbocycles. The van der Waals surface area contributed by atoms with Crippen LogP contribution in [0.3, 0.4) is 0 Å². The first kappa shape index (κ1) is 18.3. The van der Waals surface area contributed by atoms with Crippen molar-refractivity contribution in [3.8, 4) is 5.69 Å². The minimum Gasteiger partial charge on any atom is -0.306 e. The van der Waals surface area contributed by atoms with E-state index >= 15 is 0 Å². The lowest BCUT2D eigenvalue weighted by atomic mass is 9.89. The van der Waals surface area contributed by atoms with Gasteiger partial charge in [0.15, 0.2) is 0 Å². The lowest BCUT2D eigenvalue weighted by Crippen LogP contribution is -2.47. The maximum atomic E-state index is 13.7. The van der Waals surface area contributed by atoms with Gasteiger partial charge < -0.3 is 4.90 Å². The zero-order chi connectivity index (χ0) is 20.2. The highest BCUT2D eigenvalue weighted by molar-refractivity contribution is 7.92. The molecule has 0 radical (unpaired) electrons. The molecule has 9 heteroatoms. The number of tetrazole rings is 1. The molecule has 0 aliphatic carbocycles. The molecule has 0 bridgehead atoms. The maximum absolute atomic E-state index is 13.7. The van der Waals surface area contributed by atoms with Gasteiger partial charge in [0.2, 0.25) is 0 Å². The summed E-state index contributed by atoms with van der Waals surface area (Å²) >= 11 is 0. The SMILES string of the molecule is Cc1ccc2c(c1)[C@H]1CN(C)CC[C@H]1N2S(=O)(=O)c1ccc(-n2cnnn2)cc1. The molecule has 1 saturated heterocycles. The van der Waals surface area contributed by atoms with Gasteiger partial charge in [-0.2, -0.15) is 0 Å². The summed E-state index contributed by atoms with van der Waals surface area (Å²) in [5.74, 6) is 0.193. The third kappa shape index (κ3) is 2.92. The van der Waals surface area contributed by atoms with Crippen LogP contribution in [0.15, 0.2) is 53.7 Å². The molecule has 0 amide bonds. The number of aromatic nitrogens is 4. The number of nitrogens with zero attached hydrogens (tertiary/aromatic N) is 6. The fourth-order valence-corrected chi connectivity index (χ4v) is 6.25. The Morgan fingerprint density at radius 3 is 2.62 bits per heavy atom. The van der Waals surface area contributed by atoms with E-state index in [0.717, 1.165) is 36.3 Å². The summed E-state index contributed by atoms with van der Waals surface area (Å²) in [5, 5.41) is 11.1. The van der Waals surface area contributed by atoms with Gasteiger partial charge in [-0.3, -0.25) is 4.31 Å². The first-order valence-electron chi connectivity index (χ1n) is 9.62. The molecule has 2 aliphatic heterocycles. The van der Waals surface area contributed by atoms with Crippen molar-refractivity contribution in [3.05, 3.63) is 59.9 Å². The van der Waals surface area contributed by atoms with Crippen LogP contribution in [0.5, 0.6) is 0 Å². The number of piperidine rings is 1. The number of aryl methyl sites for hydroxylation is 1. The lowest BCUT2D eigenvalue weighted by Gasteiger charge is -2.36. The number of anilines is 1. The van der Waals surface area contributed by atoms with Crippen LogP contribution in [0.2, 0.25) is 0 Å². The Balaban J connectivity index is 1.57. The molecule has 3 aromatic rings. The quantitative estimate of drug-likeness (QED) is 0.656. The lowest BCUT2D eigenvalue weighted by molar-refractivity contribution is 0.237. The van der Waals surface area contributed by atoms with Gasteiger partial charge in [-0.05, 0) is 73.3 Å². The Bertz CT molecular complexity index is 1140. The van der Waals surface area contributed by atoms with Crippen LogP contribution in [-0.2, 0) is 10.0 Å². The largest absolute Gasteiger partial charge is 0.306 e. The van der Waals surface area contributed by atoms with Crippen molar-refractivity contribution in [1.82, 2.24) is 25.1 Å². The monoisotopic (exact) mass is 410 g/mol. The summed E-state index contributed by atoms with van der Waals surface area (Å²) < 4.78 is 30.5. The van der Waals surface area contributed by atoms with E-state index in [2.05, 4.69) is 40.5 Å². The number of likely N-dealkylation sites (N-methyl/N-ethyl adjacent to an activating group) is 1. The van der Waals surface area contributed by atoms with E-state index in [1.807, 2.05) is 12.1 Å². The second-order valence-electron chi connectivity index (χ2n) is 7.84. The Hall–Kier alpha value is -2.78. The Morgan fingerprint density at radius 2 is 1.90 bits per heavy atom. The minimum absolute atomic E-state index is 0.0489. The van der Waals surface area contributed by atoms with Crippen molar-refractivity contribution in [2.45, 2.75) is 30.2 Å². The average molecular weight is 411 g/mol. The van der Waals surface area contributed by atoms with E-state index in [-0.39, 0.29) is 16.9 Å². The number of hydrogen-bond donors (Lipinski definition) is 0. The highest BCUT2D eigenvalue weighted by Gasteiger charge is 2.46. The standard InChI is InChI=1S/C20H22N6O2S/c1-14-3-8-19-17(11-14)18-12-24(2)10-9-20(18)26(19)29(27,28)16-6-4-15(5-7-16)25-13-21-22-23-25/h3-8,11,13,18,20H,9-10,12H2,1-2H3/t18-,20-/m1/s1. The second kappa shape index (κ2) is 6.64. The van der Waals surface area contributed by atoms with E-state index in [0.29, 0.717) is 5.69 Å². The van der Waals surface area contributed by atoms with Gasteiger partial charge in [-0.15, -0.1) is 5.10 Å². The second-order valence-corrected chi connectivity index (χ2v) is 9.65. The summed E-state index contributed by atoms with van der Waals surface area (Å²) in [7, 11) is -1.59. The van der Waals surface area contributed by atoms with Gasteiger partial charge in [-0.1, -0.05) is 17.7 Å². The molecule has 1 aromatic heterocycles. The van der Waals surface area contributed by atoms with E-state index in [4.69, 9.17) is 0 Å². The highest BCUT2D eigenvalue weighted by atomic mass is 32.2. The molecule has 2 atom stereocenters. The molecule has 8 nitrogen and oxygen atoms in total. The number of rotatable bonds is 3. The molecule has 2 aromatic carbocycles.